The van der Waals surface area contributed by atoms with Crippen molar-refractivity contribution in [1.29, 1.82) is 0 Å². The van der Waals surface area contributed by atoms with Crippen molar-refractivity contribution in [3.05, 3.63) is 0 Å². The maximum absolute atomic E-state index is 5.81. The van der Waals surface area contributed by atoms with Crippen LogP contribution in [0.1, 0.15) is 25.7 Å². The van der Waals surface area contributed by atoms with Crippen molar-refractivity contribution in [3.8, 4) is 0 Å². The normalized spacial score (nSPS) is 35.8. The van der Waals surface area contributed by atoms with Gasteiger partial charge >= 0.3 is 0 Å². The van der Waals surface area contributed by atoms with E-state index in [1.807, 2.05) is 0 Å². The predicted octanol–water partition coefficient (Wildman–Crippen LogP) is 2.06. The summed E-state index contributed by atoms with van der Waals surface area (Å²) in [5.74, 6) is 0. The molecule has 0 spiro atoms. The van der Waals surface area contributed by atoms with Gasteiger partial charge in [-0.15, -0.1) is 0 Å². The lowest BCUT2D eigenvalue weighted by Gasteiger charge is -2.43. The first-order valence-corrected chi connectivity index (χ1v) is 6.86. The van der Waals surface area contributed by atoms with Crippen molar-refractivity contribution in [2.45, 2.75) is 37.8 Å². The lowest BCUT2D eigenvalue weighted by Crippen LogP contribution is -2.53. The maximum Gasteiger partial charge on any atom is 0.0730 e. The van der Waals surface area contributed by atoms with Gasteiger partial charge in [0.1, 0.15) is 0 Å². The Balaban J connectivity index is 1.94. The van der Waals surface area contributed by atoms with Gasteiger partial charge < -0.3 is 4.74 Å². The topological polar surface area (TPSA) is 12.5 Å². The minimum atomic E-state index is 0.561. The monoisotopic (exact) mass is 295 g/mol. The second-order valence-corrected chi connectivity index (χ2v) is 5.06. The summed E-state index contributed by atoms with van der Waals surface area (Å²) in [4.78, 5) is 2.64. The van der Waals surface area contributed by atoms with Crippen LogP contribution in [0.5, 0.6) is 0 Å². The van der Waals surface area contributed by atoms with E-state index in [0.29, 0.717) is 6.10 Å². The van der Waals surface area contributed by atoms with Gasteiger partial charge in [0.15, 0.2) is 0 Å². The molecule has 1 saturated carbocycles. The van der Waals surface area contributed by atoms with Gasteiger partial charge in [0.05, 0.1) is 12.7 Å². The summed E-state index contributed by atoms with van der Waals surface area (Å²) in [6.07, 6.45) is 6.00. The molecular formula is C10H18INO. The van der Waals surface area contributed by atoms with Gasteiger partial charge in [0.25, 0.3) is 0 Å². The van der Waals surface area contributed by atoms with Gasteiger partial charge in [0, 0.05) is 23.6 Å². The zero-order valence-corrected chi connectivity index (χ0v) is 10.2. The molecule has 0 aromatic carbocycles. The number of nitrogens with zero attached hydrogens (tertiary/aromatic N) is 1. The molecule has 1 aliphatic carbocycles. The Labute approximate surface area is 94.1 Å². The Morgan fingerprint density at radius 3 is 3.00 bits per heavy atom. The maximum atomic E-state index is 5.81. The number of hydrogen-bond acceptors (Lipinski definition) is 2. The van der Waals surface area contributed by atoms with E-state index in [1.54, 1.807) is 0 Å². The van der Waals surface area contributed by atoms with Crippen molar-refractivity contribution in [3.63, 3.8) is 0 Å². The van der Waals surface area contributed by atoms with Gasteiger partial charge in [-0.3, -0.25) is 4.90 Å². The van der Waals surface area contributed by atoms with Crippen LogP contribution in [0.2, 0.25) is 0 Å². The Hall–Kier alpha value is 0.650. The Morgan fingerprint density at radius 2 is 2.15 bits per heavy atom. The Morgan fingerprint density at radius 1 is 1.31 bits per heavy atom. The molecule has 76 valence electrons. The van der Waals surface area contributed by atoms with E-state index in [2.05, 4.69) is 27.5 Å². The van der Waals surface area contributed by atoms with Crippen LogP contribution in [0.25, 0.3) is 0 Å². The SMILES string of the molecule is ICCN1CCOC2CCCCC21. The first-order valence-electron chi connectivity index (χ1n) is 5.33. The van der Waals surface area contributed by atoms with E-state index >= 15 is 0 Å². The number of halogens is 1. The summed E-state index contributed by atoms with van der Waals surface area (Å²) in [6.45, 7) is 3.37. The van der Waals surface area contributed by atoms with Crippen LogP contribution in [0, 0.1) is 0 Å². The number of hydrogen-bond donors (Lipinski definition) is 0. The minimum Gasteiger partial charge on any atom is -0.375 e. The first-order chi connectivity index (χ1) is 6.42. The summed E-state index contributed by atoms with van der Waals surface area (Å²) in [7, 11) is 0. The molecular weight excluding hydrogens is 277 g/mol. The molecule has 2 fully saturated rings. The highest BCUT2D eigenvalue weighted by Gasteiger charge is 2.33. The molecule has 0 amide bonds. The van der Waals surface area contributed by atoms with Gasteiger partial charge in [0.2, 0.25) is 0 Å². The molecule has 13 heavy (non-hydrogen) atoms. The summed E-state index contributed by atoms with van der Waals surface area (Å²) in [5, 5.41) is 0. The molecule has 1 saturated heterocycles. The number of morpholine rings is 1. The second kappa shape index (κ2) is 4.94. The third-order valence-electron chi connectivity index (χ3n) is 3.22. The van der Waals surface area contributed by atoms with E-state index in [9.17, 15) is 0 Å². The Kier molecular flexibility index (Phi) is 3.86. The molecule has 2 unspecified atom stereocenters. The molecule has 0 aromatic rings. The quantitative estimate of drug-likeness (QED) is 0.571. The van der Waals surface area contributed by atoms with Crippen LogP contribution in [0.4, 0.5) is 0 Å². The molecule has 2 rings (SSSR count). The van der Waals surface area contributed by atoms with Crippen LogP contribution in [-0.4, -0.2) is 41.2 Å². The van der Waals surface area contributed by atoms with Gasteiger partial charge in [-0.25, -0.2) is 0 Å². The zero-order chi connectivity index (χ0) is 9.10. The largest absolute Gasteiger partial charge is 0.375 e. The average molecular weight is 295 g/mol. The molecule has 3 heteroatoms. The Bertz CT molecular complexity index is 161. The summed E-state index contributed by atoms with van der Waals surface area (Å²) < 4.78 is 7.07. The van der Waals surface area contributed by atoms with Crippen LogP contribution in [0.3, 0.4) is 0 Å². The first kappa shape index (κ1) is 10.2. The third kappa shape index (κ3) is 2.36. The molecule has 0 bridgehead atoms. The smallest absolute Gasteiger partial charge is 0.0730 e. The van der Waals surface area contributed by atoms with E-state index in [0.717, 1.165) is 19.2 Å². The van der Waals surface area contributed by atoms with Crippen molar-refractivity contribution in [2.75, 3.05) is 24.1 Å². The van der Waals surface area contributed by atoms with Crippen LogP contribution in [-0.2, 0) is 4.74 Å². The number of rotatable bonds is 2. The number of alkyl halides is 1. The molecule has 0 N–H and O–H groups in total. The van der Waals surface area contributed by atoms with E-state index < -0.39 is 0 Å². The van der Waals surface area contributed by atoms with E-state index in [4.69, 9.17) is 4.74 Å². The fourth-order valence-electron chi connectivity index (χ4n) is 2.56. The summed E-state index contributed by atoms with van der Waals surface area (Å²) in [6, 6.07) is 0.747. The second-order valence-electron chi connectivity index (χ2n) is 3.99. The highest BCUT2D eigenvalue weighted by atomic mass is 127. The fourth-order valence-corrected chi connectivity index (χ4v) is 3.18. The molecule has 0 aromatic heterocycles. The number of ether oxygens (including phenoxy) is 1. The van der Waals surface area contributed by atoms with Crippen LogP contribution in [0.15, 0.2) is 0 Å². The molecule has 2 nitrogen and oxygen atoms in total. The zero-order valence-electron chi connectivity index (χ0n) is 8.04. The van der Waals surface area contributed by atoms with Crippen molar-refractivity contribution in [1.82, 2.24) is 4.90 Å². The molecule has 2 aliphatic rings. The summed E-state index contributed by atoms with van der Waals surface area (Å²) >= 11 is 2.47. The minimum absolute atomic E-state index is 0.561. The standard InChI is InChI=1S/C10H18INO/c11-5-6-12-7-8-13-10-4-2-1-3-9(10)12/h9-10H,1-8H2. The van der Waals surface area contributed by atoms with Crippen molar-refractivity contribution >= 4 is 22.6 Å². The third-order valence-corrected chi connectivity index (χ3v) is 3.70. The molecule has 1 aliphatic heterocycles. The lowest BCUT2D eigenvalue weighted by molar-refractivity contribution is -0.0856. The predicted molar refractivity (Wildman–Crippen MR) is 62.5 cm³/mol. The highest BCUT2D eigenvalue weighted by molar-refractivity contribution is 14.1. The van der Waals surface area contributed by atoms with Crippen LogP contribution < -0.4 is 0 Å². The fraction of sp³-hybridized carbons (Fsp3) is 1.00. The van der Waals surface area contributed by atoms with E-state index in [-0.39, 0.29) is 0 Å². The van der Waals surface area contributed by atoms with Gasteiger partial charge in [-0.05, 0) is 12.8 Å². The molecule has 1 heterocycles. The van der Waals surface area contributed by atoms with Gasteiger partial charge in [-0.1, -0.05) is 35.4 Å². The highest BCUT2D eigenvalue weighted by Crippen LogP contribution is 2.28. The summed E-state index contributed by atoms with van der Waals surface area (Å²) in [5.41, 5.74) is 0. The average Bonchev–Trinajstić information content (AvgIpc) is 2.19. The molecule has 2 atom stereocenters. The van der Waals surface area contributed by atoms with Gasteiger partial charge in [-0.2, -0.15) is 0 Å². The number of fused-ring (bicyclic) bond motifs is 1. The van der Waals surface area contributed by atoms with E-state index in [1.165, 1.54) is 36.7 Å². The van der Waals surface area contributed by atoms with Crippen LogP contribution >= 0.6 is 22.6 Å². The van der Waals surface area contributed by atoms with Crippen molar-refractivity contribution in [2.24, 2.45) is 0 Å². The van der Waals surface area contributed by atoms with Crippen molar-refractivity contribution < 1.29 is 4.74 Å². The lowest BCUT2D eigenvalue weighted by atomic mass is 9.90. The molecule has 0 radical (unpaired) electrons.